The zero-order valence-electron chi connectivity index (χ0n) is 13.9. The van der Waals surface area contributed by atoms with Gasteiger partial charge in [0.1, 0.15) is 6.10 Å². The van der Waals surface area contributed by atoms with Crippen LogP contribution in [-0.2, 0) is 14.3 Å². The van der Waals surface area contributed by atoms with Crippen molar-refractivity contribution in [2.75, 3.05) is 0 Å². The minimum absolute atomic E-state index is 0.129. The van der Waals surface area contributed by atoms with Crippen LogP contribution in [0.15, 0.2) is 0 Å². The molecule has 0 saturated carbocycles. The van der Waals surface area contributed by atoms with Crippen molar-refractivity contribution in [1.82, 2.24) is 0 Å². The molecule has 21 heavy (non-hydrogen) atoms. The van der Waals surface area contributed by atoms with Gasteiger partial charge in [-0.25, -0.2) is 0 Å². The number of hydrogen-bond donors (Lipinski definition) is 1. The Hall–Kier alpha value is -1.06. The Morgan fingerprint density at radius 3 is 2.00 bits per heavy atom. The van der Waals surface area contributed by atoms with Gasteiger partial charge in [0, 0.05) is 0 Å². The number of esters is 1. The van der Waals surface area contributed by atoms with E-state index in [4.69, 9.17) is 9.84 Å². The lowest BCUT2D eigenvalue weighted by molar-refractivity contribution is -0.155. The third-order valence-corrected chi connectivity index (χ3v) is 3.67. The minimum atomic E-state index is -0.939. The molecular weight excluding hydrogens is 268 g/mol. The van der Waals surface area contributed by atoms with E-state index in [-0.39, 0.29) is 18.3 Å². The van der Waals surface area contributed by atoms with Crippen LogP contribution in [0.1, 0.15) is 85.0 Å². The number of unbranched alkanes of at least 4 members (excludes halogenated alkanes) is 7. The highest BCUT2D eigenvalue weighted by Gasteiger charge is 2.18. The molecule has 4 heteroatoms. The molecule has 2 atom stereocenters. The highest BCUT2D eigenvalue weighted by Crippen LogP contribution is 2.15. The fourth-order valence-corrected chi connectivity index (χ4v) is 2.30. The number of hydrogen-bond acceptors (Lipinski definition) is 3. The summed E-state index contributed by atoms with van der Waals surface area (Å²) < 4.78 is 5.13. The number of carbonyl (C=O) groups is 2. The van der Waals surface area contributed by atoms with Crippen molar-refractivity contribution in [2.24, 2.45) is 5.92 Å². The molecule has 0 aromatic heterocycles. The first kappa shape index (κ1) is 19.9. The van der Waals surface area contributed by atoms with E-state index < -0.39 is 12.1 Å². The first-order valence-corrected chi connectivity index (χ1v) is 8.39. The maximum Gasteiger partial charge on any atom is 0.308 e. The van der Waals surface area contributed by atoms with Crippen molar-refractivity contribution in [3.63, 3.8) is 0 Å². The van der Waals surface area contributed by atoms with Crippen molar-refractivity contribution in [3.05, 3.63) is 0 Å². The Morgan fingerprint density at radius 2 is 1.48 bits per heavy atom. The molecule has 0 aliphatic rings. The first-order chi connectivity index (χ1) is 9.97. The van der Waals surface area contributed by atoms with E-state index in [1.54, 1.807) is 6.92 Å². The maximum atomic E-state index is 11.8. The Kier molecular flexibility index (Phi) is 12.0. The summed E-state index contributed by atoms with van der Waals surface area (Å²) in [5, 5.41) is 8.62. The average molecular weight is 300 g/mol. The van der Waals surface area contributed by atoms with Gasteiger partial charge in [0.05, 0.1) is 12.3 Å². The van der Waals surface area contributed by atoms with Gasteiger partial charge in [-0.05, 0) is 13.3 Å². The van der Waals surface area contributed by atoms with E-state index in [1.807, 2.05) is 6.92 Å². The maximum absolute atomic E-state index is 11.8. The van der Waals surface area contributed by atoms with E-state index in [1.165, 1.54) is 38.5 Å². The van der Waals surface area contributed by atoms with Crippen LogP contribution in [0.2, 0.25) is 0 Å². The molecule has 0 aromatic rings. The van der Waals surface area contributed by atoms with Gasteiger partial charge >= 0.3 is 11.9 Å². The summed E-state index contributed by atoms with van der Waals surface area (Å²) in [6, 6.07) is 0. The second kappa shape index (κ2) is 12.7. The summed E-state index contributed by atoms with van der Waals surface area (Å²) in [5.41, 5.74) is 0. The first-order valence-electron chi connectivity index (χ1n) is 8.39. The molecule has 0 bridgehead atoms. The van der Waals surface area contributed by atoms with Crippen LogP contribution in [0.25, 0.3) is 0 Å². The fourth-order valence-electron chi connectivity index (χ4n) is 2.30. The summed E-state index contributed by atoms with van der Waals surface area (Å²) in [7, 11) is 0. The third kappa shape index (κ3) is 12.4. The highest BCUT2D eigenvalue weighted by molar-refractivity contribution is 5.73. The molecule has 0 rings (SSSR count). The number of rotatable bonds is 13. The van der Waals surface area contributed by atoms with Gasteiger partial charge in [-0.1, -0.05) is 65.2 Å². The SMILES string of the molecule is CCCCCCCCCCC(C)C(=O)O[C@H](C)CC(=O)O. The number of carbonyl (C=O) groups excluding carboxylic acids is 1. The van der Waals surface area contributed by atoms with Gasteiger partial charge in [-0.3, -0.25) is 9.59 Å². The smallest absolute Gasteiger partial charge is 0.308 e. The molecule has 0 amide bonds. The van der Waals surface area contributed by atoms with Gasteiger partial charge in [-0.2, -0.15) is 0 Å². The van der Waals surface area contributed by atoms with Crippen LogP contribution in [0, 0.1) is 5.92 Å². The van der Waals surface area contributed by atoms with Crippen LogP contribution >= 0.6 is 0 Å². The van der Waals surface area contributed by atoms with E-state index in [9.17, 15) is 9.59 Å². The molecule has 0 aromatic carbocycles. The minimum Gasteiger partial charge on any atom is -0.481 e. The molecule has 0 aliphatic heterocycles. The molecule has 0 fully saturated rings. The molecule has 1 unspecified atom stereocenters. The van der Waals surface area contributed by atoms with Crippen molar-refractivity contribution in [1.29, 1.82) is 0 Å². The van der Waals surface area contributed by atoms with E-state index in [0.717, 1.165) is 19.3 Å². The number of carboxylic acids is 1. The zero-order valence-corrected chi connectivity index (χ0v) is 13.9. The number of aliphatic carboxylic acids is 1. The fraction of sp³-hybridized carbons (Fsp3) is 0.882. The zero-order chi connectivity index (χ0) is 16.1. The van der Waals surface area contributed by atoms with Gasteiger partial charge in [0.25, 0.3) is 0 Å². The molecule has 0 heterocycles. The summed E-state index contributed by atoms with van der Waals surface area (Å²) in [5.74, 6) is -1.35. The lowest BCUT2D eigenvalue weighted by Crippen LogP contribution is -2.22. The normalized spacial score (nSPS) is 13.7. The van der Waals surface area contributed by atoms with Crippen LogP contribution in [0.5, 0.6) is 0 Å². The van der Waals surface area contributed by atoms with Gasteiger partial charge in [0.15, 0.2) is 0 Å². The lowest BCUT2D eigenvalue weighted by atomic mass is 10.0. The molecule has 0 aliphatic carbocycles. The number of carboxylic acid groups (broad SMARTS) is 1. The predicted molar refractivity (Wildman–Crippen MR) is 84.2 cm³/mol. The van der Waals surface area contributed by atoms with Gasteiger partial charge < -0.3 is 9.84 Å². The predicted octanol–water partition coefficient (Wildman–Crippen LogP) is 4.56. The van der Waals surface area contributed by atoms with Crippen molar-refractivity contribution >= 4 is 11.9 Å². The Balaban J connectivity index is 3.57. The Morgan fingerprint density at radius 1 is 0.952 bits per heavy atom. The Bertz CT molecular complexity index is 289. The van der Waals surface area contributed by atoms with Gasteiger partial charge in [0.2, 0.25) is 0 Å². The van der Waals surface area contributed by atoms with Crippen LogP contribution in [0.4, 0.5) is 0 Å². The topological polar surface area (TPSA) is 63.6 Å². The largest absolute Gasteiger partial charge is 0.481 e. The molecule has 0 saturated heterocycles. The summed E-state index contributed by atoms with van der Waals surface area (Å²) in [6.07, 6.45) is 10.1. The van der Waals surface area contributed by atoms with Crippen molar-refractivity contribution in [2.45, 2.75) is 91.1 Å². The molecular formula is C17H32O4. The lowest BCUT2D eigenvalue weighted by Gasteiger charge is -2.15. The third-order valence-electron chi connectivity index (χ3n) is 3.67. The van der Waals surface area contributed by atoms with Crippen LogP contribution in [-0.4, -0.2) is 23.1 Å². The molecule has 0 spiro atoms. The van der Waals surface area contributed by atoms with Crippen LogP contribution < -0.4 is 0 Å². The van der Waals surface area contributed by atoms with Crippen LogP contribution in [0.3, 0.4) is 0 Å². The summed E-state index contributed by atoms with van der Waals surface area (Å²) >= 11 is 0. The van der Waals surface area contributed by atoms with E-state index >= 15 is 0 Å². The van der Waals surface area contributed by atoms with Crippen molar-refractivity contribution < 1.29 is 19.4 Å². The summed E-state index contributed by atoms with van der Waals surface area (Å²) in [6.45, 7) is 5.70. The highest BCUT2D eigenvalue weighted by atomic mass is 16.5. The molecule has 1 N–H and O–H groups in total. The number of ether oxygens (including phenoxy) is 1. The Labute approximate surface area is 129 Å². The van der Waals surface area contributed by atoms with E-state index in [0.29, 0.717) is 0 Å². The standard InChI is InChI=1S/C17H32O4/c1-4-5-6-7-8-9-10-11-12-14(2)17(20)21-15(3)13-16(18)19/h14-15H,4-13H2,1-3H3,(H,18,19)/t14?,15-/m1/s1. The monoisotopic (exact) mass is 300 g/mol. The average Bonchev–Trinajstić information content (AvgIpc) is 2.40. The molecule has 124 valence electrons. The van der Waals surface area contributed by atoms with Gasteiger partial charge in [-0.15, -0.1) is 0 Å². The second-order valence-corrected chi connectivity index (χ2v) is 6.01. The van der Waals surface area contributed by atoms with Crippen molar-refractivity contribution in [3.8, 4) is 0 Å². The quantitative estimate of drug-likeness (QED) is 0.400. The summed E-state index contributed by atoms with van der Waals surface area (Å²) in [4.78, 5) is 22.3. The van der Waals surface area contributed by atoms with E-state index in [2.05, 4.69) is 6.92 Å². The molecule has 0 radical (unpaired) electrons. The molecule has 4 nitrogen and oxygen atoms in total. The second-order valence-electron chi connectivity index (χ2n) is 6.01.